The van der Waals surface area contributed by atoms with Gasteiger partial charge in [-0.15, -0.1) is 0 Å². The van der Waals surface area contributed by atoms with Crippen LogP contribution in [0.25, 0.3) is 104 Å². The van der Waals surface area contributed by atoms with Gasteiger partial charge in [-0.25, -0.2) is 4.57 Å². The molecule has 15 rings (SSSR count). The van der Waals surface area contributed by atoms with Crippen LogP contribution in [-0.2, 0) is 17.4 Å². The van der Waals surface area contributed by atoms with E-state index in [0.717, 1.165) is 92.0 Å². The number of fused-ring (bicyclic) bond motifs is 10. The molecule has 0 N–H and O–H groups in total. The molecule has 0 saturated carbocycles. The zero-order valence-corrected chi connectivity index (χ0v) is 49.6. The van der Waals surface area contributed by atoms with Gasteiger partial charge in [-0.2, -0.15) is 0 Å². The highest BCUT2D eigenvalue weighted by Gasteiger charge is 2.38. The topological polar surface area (TPSA) is 47.2 Å². The van der Waals surface area contributed by atoms with E-state index in [1.807, 2.05) is 12.1 Å². The van der Waals surface area contributed by atoms with Crippen LogP contribution in [0.5, 0.6) is 0 Å². The molecule has 0 bridgehead atoms. The van der Waals surface area contributed by atoms with Crippen molar-refractivity contribution in [1.29, 1.82) is 0 Å². The number of para-hydroxylation sites is 1. The number of benzene rings is 11. The van der Waals surface area contributed by atoms with E-state index >= 15 is 9.59 Å². The lowest BCUT2D eigenvalue weighted by Gasteiger charge is -2.30. The van der Waals surface area contributed by atoms with Crippen molar-refractivity contribution in [3.8, 4) is 27.9 Å². The van der Waals surface area contributed by atoms with E-state index in [9.17, 15) is 0 Å². The van der Waals surface area contributed by atoms with Crippen LogP contribution in [-0.4, -0.2) is 9.13 Å². The molecule has 5 heteroatoms. The predicted octanol–water partition coefficient (Wildman–Crippen LogP) is 20.5. The maximum atomic E-state index is 15.1. The first kappa shape index (κ1) is 51.3. The first-order valence-electron chi connectivity index (χ1n) is 30.5. The molecule has 0 fully saturated rings. The van der Waals surface area contributed by atoms with E-state index < -0.39 is 0 Å². The van der Waals surface area contributed by atoms with Crippen molar-refractivity contribution in [3.63, 3.8) is 0 Å². The van der Waals surface area contributed by atoms with Crippen molar-refractivity contribution in [2.75, 3.05) is 4.90 Å². The highest BCUT2D eigenvalue weighted by atomic mass is 16.2. The minimum atomic E-state index is -0.257. The van der Waals surface area contributed by atoms with Crippen LogP contribution in [0.15, 0.2) is 179 Å². The van der Waals surface area contributed by atoms with E-state index in [2.05, 4.69) is 236 Å². The first-order valence-corrected chi connectivity index (χ1v) is 30.5. The molecule has 83 heavy (non-hydrogen) atoms. The minimum Gasteiger partial charge on any atom is -0.340 e. The summed E-state index contributed by atoms with van der Waals surface area (Å²) in [5, 5.41) is 12.2. The van der Waals surface area contributed by atoms with E-state index in [4.69, 9.17) is 0 Å². The summed E-state index contributed by atoms with van der Waals surface area (Å²) in [7, 11) is 0. The third kappa shape index (κ3) is 7.19. The van der Waals surface area contributed by atoms with Crippen LogP contribution in [0.4, 0.5) is 17.1 Å². The fraction of sp³-hybridized carbons (Fsp3) is 0.256. The average molecular weight is 1080 g/mol. The Kier molecular flexibility index (Phi) is 11.4. The molecule has 0 amide bonds. The summed E-state index contributed by atoms with van der Waals surface area (Å²) < 4.78 is 4.16. The number of aromatic nitrogens is 2. The lowest BCUT2D eigenvalue weighted by molar-refractivity contribution is 0.400. The van der Waals surface area contributed by atoms with Crippen LogP contribution in [0.3, 0.4) is 0 Å². The molecule has 0 spiro atoms. The van der Waals surface area contributed by atoms with Crippen molar-refractivity contribution in [2.24, 2.45) is 5.92 Å². The van der Waals surface area contributed by atoms with E-state index in [-0.39, 0.29) is 33.8 Å². The molecule has 0 saturated heterocycles. The molecule has 2 aromatic heterocycles. The Balaban J connectivity index is 0.976. The maximum absolute atomic E-state index is 15.1. The van der Waals surface area contributed by atoms with Gasteiger partial charge in [-0.3, -0.25) is 9.59 Å². The Morgan fingerprint density at radius 1 is 0.434 bits per heavy atom. The average Bonchev–Trinajstić information content (AvgIpc) is 3.05. The second-order valence-electron chi connectivity index (χ2n) is 26.0. The molecule has 410 valence electrons. The number of unbranched alkanes of at least 4 members (excludes halogenated alkanes) is 1. The highest BCUT2D eigenvalue weighted by molar-refractivity contribution is 6.40. The molecular weight excluding hydrogens is 1010 g/mol. The molecule has 13 aromatic rings. The Labute approximate surface area is 486 Å². The van der Waals surface area contributed by atoms with Gasteiger partial charge in [0.2, 0.25) is 0 Å². The number of anilines is 3. The summed E-state index contributed by atoms with van der Waals surface area (Å²) in [6.45, 7) is 23.6. The highest BCUT2D eigenvalue weighted by Crippen LogP contribution is 2.54. The monoisotopic (exact) mass is 1080 g/mol. The molecule has 0 radical (unpaired) electrons. The normalized spacial score (nSPS) is 14.6. The molecule has 1 atom stereocenters. The summed E-state index contributed by atoms with van der Waals surface area (Å²) in [5.74, 6) is 0.715. The number of hydrogen-bond donors (Lipinski definition) is 0. The molecule has 2 aliphatic carbocycles. The Hall–Kier alpha value is -8.54. The van der Waals surface area contributed by atoms with E-state index in [1.165, 1.54) is 88.1 Å². The van der Waals surface area contributed by atoms with Gasteiger partial charge >= 0.3 is 0 Å². The summed E-state index contributed by atoms with van der Waals surface area (Å²) in [4.78, 5) is 32.8. The molecule has 2 aliphatic rings. The van der Waals surface area contributed by atoms with Gasteiger partial charge in [0.1, 0.15) is 0 Å². The largest absolute Gasteiger partial charge is 0.340 e. The lowest BCUT2D eigenvalue weighted by atomic mass is 9.82. The number of hydrogen-bond acceptors (Lipinski definition) is 3. The summed E-state index contributed by atoms with van der Waals surface area (Å²) in [6, 6.07) is 63.4. The third-order valence-corrected chi connectivity index (χ3v) is 20.1. The van der Waals surface area contributed by atoms with Crippen molar-refractivity contribution in [3.05, 3.63) is 224 Å². The lowest BCUT2D eigenvalue weighted by Crippen LogP contribution is -2.33. The van der Waals surface area contributed by atoms with Crippen LogP contribution >= 0.6 is 0 Å². The quantitative estimate of drug-likeness (QED) is 0.0905. The fourth-order valence-corrected chi connectivity index (χ4v) is 15.7. The number of nitrogens with zero attached hydrogens (tertiary/aromatic N) is 3. The second kappa shape index (κ2) is 18.5. The molecule has 5 nitrogen and oxygen atoms in total. The Morgan fingerprint density at radius 3 is 1.39 bits per heavy atom. The van der Waals surface area contributed by atoms with Gasteiger partial charge in [-0.05, 0) is 167 Å². The van der Waals surface area contributed by atoms with Crippen molar-refractivity contribution < 1.29 is 0 Å². The van der Waals surface area contributed by atoms with E-state index in [1.54, 1.807) is 0 Å². The summed E-state index contributed by atoms with van der Waals surface area (Å²) in [5.41, 5.74) is 18.4. The third-order valence-electron chi connectivity index (χ3n) is 20.1. The van der Waals surface area contributed by atoms with Crippen LogP contribution in [0.2, 0.25) is 0 Å². The van der Waals surface area contributed by atoms with Crippen molar-refractivity contribution >= 4 is 92.7 Å². The van der Waals surface area contributed by atoms with Gasteiger partial charge < -0.3 is 9.47 Å². The van der Waals surface area contributed by atoms with Gasteiger partial charge in [0, 0.05) is 72.3 Å². The van der Waals surface area contributed by atoms with Crippen LogP contribution in [0.1, 0.15) is 140 Å². The van der Waals surface area contributed by atoms with Crippen molar-refractivity contribution in [2.45, 2.75) is 124 Å². The SMILES string of the molecule is CCCCC(CC)Cn1c2cc(N(c3ccc4c(c3)C(C)(C)c3ccccc3-4)c3ccc4c(c3)C(C)(C)c3ccccc3-4)ccc2c2ccc3c4ccc5c(=O)n(-c6c(C(C)C)cccc6C(C)C)c(=O)c6ccc(c7ccc1c2c37)c4c56. The van der Waals surface area contributed by atoms with Crippen molar-refractivity contribution in [1.82, 2.24) is 9.13 Å². The van der Waals surface area contributed by atoms with Crippen LogP contribution < -0.4 is 16.0 Å². The van der Waals surface area contributed by atoms with Gasteiger partial charge in [0.15, 0.2) is 0 Å². The van der Waals surface area contributed by atoms with E-state index in [0.29, 0.717) is 16.7 Å². The Morgan fingerprint density at radius 2 is 0.867 bits per heavy atom. The minimum absolute atomic E-state index is 0.118. The smallest absolute Gasteiger partial charge is 0.266 e. The Bertz CT molecular complexity index is 4770. The second-order valence-corrected chi connectivity index (χ2v) is 26.0. The van der Waals surface area contributed by atoms with Crippen LogP contribution in [0, 0.1) is 5.92 Å². The zero-order chi connectivity index (χ0) is 57.1. The molecule has 1 unspecified atom stereocenters. The molecular formula is C78H71N3O2. The number of pyridine rings is 2. The van der Waals surface area contributed by atoms with Gasteiger partial charge in [0.05, 0.1) is 11.2 Å². The first-order chi connectivity index (χ1) is 40.1. The summed E-state index contributed by atoms with van der Waals surface area (Å²) in [6.07, 6.45) is 4.60. The maximum Gasteiger partial charge on any atom is 0.266 e. The number of rotatable bonds is 12. The summed E-state index contributed by atoms with van der Waals surface area (Å²) >= 11 is 0. The fourth-order valence-electron chi connectivity index (χ4n) is 15.7. The standard InChI is InChI=1S/C78H71N3O2/c1-11-13-19-46(12-2)43-79-68-39-38-61-59-35-37-63-72-62(75(82)81(76(63)83)74-50(44(3)4)22-18-23-51(74)45(5)6)36-34-58(70(59)72)60-33-32-57(73(68)71(60)61)56-31-28-49(42-69(56)79)80(47-26-29-54-52-20-14-16-24-64(52)77(7,8)66(54)40-47)48-27-30-55-53-21-15-17-25-65(53)78(9,10)67(55)41-48/h14-18,20-42,44-46H,11-13,19,43H2,1-10H3. The zero-order valence-electron chi connectivity index (χ0n) is 49.6. The molecule has 2 heterocycles. The molecule has 11 aromatic carbocycles. The predicted molar refractivity (Wildman–Crippen MR) is 353 cm³/mol. The molecule has 0 aliphatic heterocycles. The van der Waals surface area contributed by atoms with Gasteiger partial charge in [0.25, 0.3) is 11.1 Å². The van der Waals surface area contributed by atoms with Gasteiger partial charge in [-0.1, -0.05) is 204 Å².